The van der Waals surface area contributed by atoms with Crippen LogP contribution >= 0.6 is 23.5 Å². The average Bonchev–Trinajstić information content (AvgIpc) is 2.50. The van der Waals surface area contributed by atoms with E-state index >= 15 is 0 Å². The molecule has 1 heterocycles. The van der Waals surface area contributed by atoms with E-state index in [-0.39, 0.29) is 32.6 Å². The summed E-state index contributed by atoms with van der Waals surface area (Å²) in [5, 5.41) is 0. The molecule has 10 nitrogen and oxygen atoms in total. The molecule has 1 aromatic heterocycles. The third-order valence-electron chi connectivity index (χ3n) is 2.37. The van der Waals surface area contributed by atoms with Gasteiger partial charge in [-0.1, -0.05) is 0 Å². The Bertz CT molecular complexity index is 529. The second-order valence-corrected chi connectivity index (χ2v) is 13.6. The zero-order chi connectivity index (χ0) is 17.1. The van der Waals surface area contributed by atoms with Crippen molar-refractivity contribution < 1.29 is 28.2 Å². The zero-order valence-corrected chi connectivity index (χ0v) is 15.3. The minimum Gasteiger partial charge on any atom is -0.477 e. The second-order valence-electron chi connectivity index (χ2n) is 4.15. The maximum absolute atomic E-state index is 12.5. The van der Waals surface area contributed by atoms with Crippen molar-refractivity contribution in [1.29, 1.82) is 0 Å². The zero-order valence-electron chi connectivity index (χ0n) is 12.4. The Balaban J connectivity index is 2.35. The standard InChI is InChI=1S/C10H19N4O6P3/c1-17-20-22-23(16,21-19-7-15)5-3-2-4-18-9-6-8(11)13-10(12)14-9/h6-7,21-22H,2-5H2,1H3,(H4,11,12,13,14). The predicted octanol–water partition coefficient (Wildman–Crippen LogP) is 1.93. The fraction of sp³-hybridized carbons (Fsp3) is 0.500. The first-order valence-electron chi connectivity index (χ1n) is 6.44. The lowest BCUT2D eigenvalue weighted by molar-refractivity contribution is -0.163. The number of carbonyl (C=O) groups is 1. The smallest absolute Gasteiger partial charge is 0.295 e. The number of nitrogen functional groups attached to an aromatic ring is 2. The van der Waals surface area contributed by atoms with Gasteiger partial charge in [-0.3, -0.25) is 4.79 Å². The third kappa shape index (κ3) is 8.39. The molecule has 0 aliphatic carbocycles. The number of nitrogens with zero attached hydrogens (tertiary/aromatic N) is 2. The number of rotatable bonds is 12. The van der Waals surface area contributed by atoms with Crippen LogP contribution in [0.2, 0.25) is 0 Å². The molecule has 0 fully saturated rings. The Kier molecular flexibility index (Phi) is 9.29. The van der Waals surface area contributed by atoms with Crippen LogP contribution in [0.3, 0.4) is 0 Å². The van der Waals surface area contributed by atoms with Crippen molar-refractivity contribution in [3.05, 3.63) is 6.07 Å². The first-order chi connectivity index (χ1) is 11.0. The molecule has 0 saturated carbocycles. The molecular weight excluding hydrogens is 365 g/mol. The molecule has 23 heavy (non-hydrogen) atoms. The Morgan fingerprint density at radius 2 is 2.09 bits per heavy atom. The first kappa shape index (κ1) is 20.0. The number of ether oxygens (including phenoxy) is 1. The minimum absolute atomic E-state index is 0.0367. The predicted molar refractivity (Wildman–Crippen MR) is 89.9 cm³/mol. The average molecular weight is 384 g/mol. The van der Waals surface area contributed by atoms with E-state index in [0.29, 0.717) is 25.6 Å². The van der Waals surface area contributed by atoms with Gasteiger partial charge in [0.25, 0.3) is 6.47 Å². The molecule has 0 bridgehead atoms. The molecule has 0 spiro atoms. The number of anilines is 2. The summed E-state index contributed by atoms with van der Waals surface area (Å²) in [6.45, 7) is -2.12. The number of hydrogen-bond donors (Lipinski definition) is 2. The van der Waals surface area contributed by atoms with Crippen LogP contribution in [0.25, 0.3) is 0 Å². The summed E-state index contributed by atoms with van der Waals surface area (Å²) in [5.41, 5.74) is 11.0. The topological polar surface area (TPSA) is 149 Å². The first-order valence-corrected chi connectivity index (χ1v) is 11.8. The third-order valence-corrected chi connectivity index (χ3v) is 9.65. The summed E-state index contributed by atoms with van der Waals surface area (Å²) in [5.74, 6) is 0.547. The molecule has 1 rings (SSSR count). The van der Waals surface area contributed by atoms with Gasteiger partial charge in [-0.15, -0.1) is 0 Å². The molecule has 13 heteroatoms. The summed E-state index contributed by atoms with van der Waals surface area (Å²) in [4.78, 5) is 22.3. The summed E-state index contributed by atoms with van der Waals surface area (Å²) < 4.78 is 27.3. The van der Waals surface area contributed by atoms with Crippen molar-refractivity contribution in [1.82, 2.24) is 9.97 Å². The van der Waals surface area contributed by atoms with Gasteiger partial charge >= 0.3 is 0 Å². The van der Waals surface area contributed by atoms with Gasteiger partial charge in [-0.25, -0.2) is 9.56 Å². The fourth-order valence-corrected chi connectivity index (χ4v) is 6.74. The highest BCUT2D eigenvalue weighted by Crippen LogP contribution is 2.77. The molecule has 0 amide bonds. The van der Waals surface area contributed by atoms with Crippen molar-refractivity contribution in [2.24, 2.45) is 0 Å². The van der Waals surface area contributed by atoms with Crippen LogP contribution in [0.5, 0.6) is 5.88 Å². The lowest BCUT2D eigenvalue weighted by atomic mass is 10.4. The van der Waals surface area contributed by atoms with Gasteiger partial charge in [0.1, 0.15) is 22.8 Å². The summed E-state index contributed by atoms with van der Waals surface area (Å²) in [6, 6.07) is 1.47. The van der Waals surface area contributed by atoms with Crippen molar-refractivity contribution in [3.8, 4) is 5.88 Å². The Labute approximate surface area is 136 Å². The maximum Gasteiger partial charge on any atom is 0.295 e. The highest BCUT2D eigenvalue weighted by molar-refractivity contribution is 8.53. The number of aromatic nitrogens is 2. The molecule has 130 valence electrons. The number of unbranched alkanes of at least 4 members (excludes halogenated alkanes) is 1. The molecular formula is C10H19N4O6P3. The molecule has 3 unspecified atom stereocenters. The number of hydrogen-bond acceptors (Lipinski definition) is 10. The van der Waals surface area contributed by atoms with Crippen LogP contribution in [0, 0.1) is 0 Å². The highest BCUT2D eigenvalue weighted by Gasteiger charge is 2.25. The lowest BCUT2D eigenvalue weighted by Crippen LogP contribution is -2.04. The molecule has 0 saturated heterocycles. The quantitative estimate of drug-likeness (QED) is 0.180. The van der Waals surface area contributed by atoms with Gasteiger partial charge in [-0.2, -0.15) is 9.97 Å². The second kappa shape index (κ2) is 10.7. The van der Waals surface area contributed by atoms with E-state index in [4.69, 9.17) is 20.9 Å². The van der Waals surface area contributed by atoms with Gasteiger partial charge in [0.2, 0.25) is 11.8 Å². The summed E-state index contributed by atoms with van der Waals surface area (Å²) in [7, 11) is 0.530. The summed E-state index contributed by atoms with van der Waals surface area (Å²) in [6.07, 6.45) is 1.58. The minimum atomic E-state index is -2.75. The molecule has 4 N–H and O–H groups in total. The van der Waals surface area contributed by atoms with Crippen LogP contribution in [0.15, 0.2) is 6.07 Å². The van der Waals surface area contributed by atoms with E-state index in [1.165, 1.54) is 13.2 Å². The monoisotopic (exact) mass is 384 g/mol. The van der Waals surface area contributed by atoms with E-state index in [9.17, 15) is 9.36 Å². The van der Waals surface area contributed by atoms with Crippen LogP contribution in [-0.4, -0.2) is 36.3 Å². The lowest BCUT2D eigenvalue weighted by Gasteiger charge is -2.14. The Morgan fingerprint density at radius 1 is 1.30 bits per heavy atom. The SMILES string of the molecule is COOPP(=O)(CCCCOc1cc(N)nc(N)n1)POC=O. The number of carbonyl (C=O) groups excluding carboxylic acids is 1. The van der Waals surface area contributed by atoms with E-state index < -0.39 is 15.0 Å². The van der Waals surface area contributed by atoms with Crippen molar-refractivity contribution >= 4 is 41.8 Å². The molecule has 0 aliphatic heterocycles. The van der Waals surface area contributed by atoms with E-state index in [0.717, 1.165) is 0 Å². The molecule has 0 aromatic carbocycles. The largest absolute Gasteiger partial charge is 0.477 e. The van der Waals surface area contributed by atoms with Crippen LogP contribution in [0.4, 0.5) is 11.8 Å². The van der Waals surface area contributed by atoms with Gasteiger partial charge in [0, 0.05) is 12.2 Å². The fourth-order valence-electron chi connectivity index (χ4n) is 1.46. The van der Waals surface area contributed by atoms with Gasteiger partial charge in [0.15, 0.2) is 6.52 Å². The molecule has 1 aromatic rings. The number of nitrogens with two attached hydrogens (primary N) is 2. The Morgan fingerprint density at radius 3 is 2.74 bits per heavy atom. The van der Waals surface area contributed by atoms with Crippen molar-refractivity contribution in [2.75, 3.05) is 31.3 Å². The van der Waals surface area contributed by atoms with Gasteiger partial charge in [0.05, 0.1) is 13.7 Å². The van der Waals surface area contributed by atoms with Crippen molar-refractivity contribution in [3.63, 3.8) is 0 Å². The van der Waals surface area contributed by atoms with Crippen LogP contribution < -0.4 is 16.2 Å². The van der Waals surface area contributed by atoms with Crippen LogP contribution in [0.1, 0.15) is 12.8 Å². The Hall–Kier alpha value is -1.04. The van der Waals surface area contributed by atoms with Crippen LogP contribution in [-0.2, 0) is 23.4 Å². The molecule has 0 radical (unpaired) electrons. The van der Waals surface area contributed by atoms with Gasteiger partial charge < -0.3 is 25.3 Å². The maximum atomic E-state index is 12.5. The van der Waals surface area contributed by atoms with E-state index in [2.05, 4.69) is 19.4 Å². The normalized spacial score (nSPS) is 14.3. The van der Waals surface area contributed by atoms with Crippen molar-refractivity contribution in [2.45, 2.75) is 12.8 Å². The van der Waals surface area contributed by atoms with E-state index in [1.807, 2.05) is 0 Å². The van der Waals surface area contributed by atoms with Gasteiger partial charge in [-0.05, 0) is 12.8 Å². The summed E-state index contributed by atoms with van der Waals surface area (Å²) >= 11 is 0. The highest BCUT2D eigenvalue weighted by atomic mass is 32.5. The molecule has 0 aliphatic rings. The molecule has 3 atom stereocenters. The van der Waals surface area contributed by atoms with E-state index in [1.54, 1.807) is 0 Å².